The van der Waals surface area contributed by atoms with Crippen LogP contribution in [0.15, 0.2) is 18.2 Å². The van der Waals surface area contributed by atoms with Crippen molar-refractivity contribution in [2.75, 3.05) is 20.1 Å². The largest absolute Gasteiger partial charge is 0.444 e. The molecule has 0 spiro atoms. The highest BCUT2D eigenvalue weighted by Gasteiger charge is 2.21. The van der Waals surface area contributed by atoms with E-state index < -0.39 is 5.60 Å². The molecule has 1 amide bonds. The Bertz CT molecular complexity index is 592. The monoisotopic (exact) mass is 346 g/mol. The van der Waals surface area contributed by atoms with Crippen LogP contribution in [0, 0.1) is 5.92 Å². The number of carbonyl (C=O) groups is 1. The Balaban J connectivity index is 1.79. The maximum atomic E-state index is 12.0. The average molecular weight is 347 g/mol. The maximum absolute atomic E-state index is 12.0. The number of fused-ring (bicyclic) bond motifs is 1. The first-order valence-electron chi connectivity index (χ1n) is 9.45. The van der Waals surface area contributed by atoms with Gasteiger partial charge in [-0.2, -0.15) is 0 Å². The van der Waals surface area contributed by atoms with Crippen LogP contribution in [0.4, 0.5) is 4.79 Å². The number of rotatable bonds is 6. The van der Waals surface area contributed by atoms with Crippen molar-refractivity contribution < 1.29 is 9.53 Å². The molecule has 0 fully saturated rings. The van der Waals surface area contributed by atoms with Gasteiger partial charge in [0.05, 0.1) is 0 Å². The van der Waals surface area contributed by atoms with E-state index in [0.29, 0.717) is 18.5 Å². The van der Waals surface area contributed by atoms with Gasteiger partial charge in [-0.1, -0.05) is 25.1 Å². The molecule has 0 heterocycles. The van der Waals surface area contributed by atoms with E-state index in [1.165, 1.54) is 36.0 Å². The number of carbonyl (C=O) groups excluding carboxylic acids is 1. The number of ether oxygens (including phenoxy) is 1. The highest BCUT2D eigenvalue weighted by Crippen LogP contribution is 2.25. The Kier molecular flexibility index (Phi) is 6.50. The summed E-state index contributed by atoms with van der Waals surface area (Å²) in [6.07, 6.45) is 3.47. The van der Waals surface area contributed by atoms with Gasteiger partial charge < -0.3 is 15.0 Å². The van der Waals surface area contributed by atoms with Gasteiger partial charge in [-0.25, -0.2) is 4.79 Å². The van der Waals surface area contributed by atoms with E-state index in [9.17, 15) is 4.79 Å². The van der Waals surface area contributed by atoms with Crippen LogP contribution in [0.25, 0.3) is 0 Å². The SMILES string of the molecule is CC(CNC(C)c1ccc2c(c1)CCC2)CN(C)C(=O)OC(C)(C)C. The third-order valence-corrected chi connectivity index (χ3v) is 4.69. The van der Waals surface area contributed by atoms with Crippen LogP contribution < -0.4 is 5.32 Å². The maximum Gasteiger partial charge on any atom is 0.410 e. The number of benzene rings is 1. The summed E-state index contributed by atoms with van der Waals surface area (Å²) in [4.78, 5) is 13.7. The van der Waals surface area contributed by atoms with Crippen molar-refractivity contribution in [3.8, 4) is 0 Å². The molecule has 1 aromatic carbocycles. The molecule has 4 heteroatoms. The zero-order valence-corrected chi connectivity index (χ0v) is 16.7. The molecule has 140 valence electrons. The lowest BCUT2D eigenvalue weighted by atomic mass is 10.0. The zero-order chi connectivity index (χ0) is 18.6. The Morgan fingerprint density at radius 2 is 1.92 bits per heavy atom. The second kappa shape index (κ2) is 8.22. The minimum absolute atomic E-state index is 0.258. The third kappa shape index (κ3) is 6.03. The van der Waals surface area contributed by atoms with Gasteiger partial charge in [-0.15, -0.1) is 0 Å². The predicted octanol–water partition coefficient (Wildman–Crippen LogP) is 4.33. The fourth-order valence-electron chi connectivity index (χ4n) is 3.30. The lowest BCUT2D eigenvalue weighted by Crippen LogP contribution is -2.38. The number of hydrogen-bond acceptors (Lipinski definition) is 3. The summed E-state index contributed by atoms with van der Waals surface area (Å²) >= 11 is 0. The summed E-state index contributed by atoms with van der Waals surface area (Å²) in [7, 11) is 1.80. The predicted molar refractivity (Wildman–Crippen MR) is 103 cm³/mol. The van der Waals surface area contributed by atoms with Crippen molar-refractivity contribution in [2.24, 2.45) is 5.92 Å². The highest BCUT2D eigenvalue weighted by atomic mass is 16.6. The number of hydrogen-bond donors (Lipinski definition) is 1. The van der Waals surface area contributed by atoms with Gasteiger partial charge >= 0.3 is 6.09 Å². The number of amides is 1. The van der Waals surface area contributed by atoms with E-state index in [4.69, 9.17) is 4.74 Å². The molecule has 2 atom stereocenters. The number of nitrogens with one attached hydrogen (secondary N) is 1. The normalized spacial score (nSPS) is 16.2. The van der Waals surface area contributed by atoms with Crippen molar-refractivity contribution in [3.05, 3.63) is 34.9 Å². The van der Waals surface area contributed by atoms with E-state index in [1.54, 1.807) is 11.9 Å². The average Bonchev–Trinajstić information content (AvgIpc) is 2.98. The van der Waals surface area contributed by atoms with E-state index in [2.05, 4.69) is 37.4 Å². The van der Waals surface area contributed by atoms with Crippen LogP contribution in [0.3, 0.4) is 0 Å². The molecular formula is C21H34N2O2. The zero-order valence-electron chi connectivity index (χ0n) is 16.7. The lowest BCUT2D eigenvalue weighted by molar-refractivity contribution is 0.0276. The Labute approximate surface area is 152 Å². The van der Waals surface area contributed by atoms with E-state index >= 15 is 0 Å². The van der Waals surface area contributed by atoms with Crippen LogP contribution in [0.1, 0.15) is 63.8 Å². The Morgan fingerprint density at radius 1 is 1.24 bits per heavy atom. The summed E-state index contributed by atoms with van der Waals surface area (Å²) in [6, 6.07) is 7.21. The molecule has 0 aliphatic heterocycles. The van der Waals surface area contributed by atoms with Crippen molar-refractivity contribution in [3.63, 3.8) is 0 Å². The molecule has 0 bridgehead atoms. The van der Waals surface area contributed by atoms with Gasteiger partial charge in [0, 0.05) is 19.6 Å². The molecule has 0 aromatic heterocycles. The summed E-state index contributed by atoms with van der Waals surface area (Å²) in [5, 5.41) is 3.60. The van der Waals surface area contributed by atoms with Gasteiger partial charge in [0.2, 0.25) is 0 Å². The minimum Gasteiger partial charge on any atom is -0.444 e. The van der Waals surface area contributed by atoms with Crippen LogP contribution in [-0.2, 0) is 17.6 Å². The van der Waals surface area contributed by atoms with Gasteiger partial charge in [-0.3, -0.25) is 0 Å². The fraction of sp³-hybridized carbons (Fsp3) is 0.667. The molecular weight excluding hydrogens is 312 g/mol. The second-order valence-electron chi connectivity index (χ2n) is 8.48. The molecule has 0 saturated heterocycles. The molecule has 1 aliphatic rings. The smallest absolute Gasteiger partial charge is 0.410 e. The topological polar surface area (TPSA) is 41.6 Å². The van der Waals surface area contributed by atoms with Crippen molar-refractivity contribution in [1.82, 2.24) is 10.2 Å². The Morgan fingerprint density at radius 3 is 2.60 bits per heavy atom. The van der Waals surface area contributed by atoms with E-state index in [0.717, 1.165) is 6.54 Å². The van der Waals surface area contributed by atoms with Gasteiger partial charge in [0.15, 0.2) is 0 Å². The van der Waals surface area contributed by atoms with Crippen molar-refractivity contribution in [2.45, 2.75) is 65.5 Å². The van der Waals surface area contributed by atoms with E-state index in [-0.39, 0.29) is 6.09 Å². The molecule has 1 aromatic rings. The summed E-state index contributed by atoms with van der Waals surface area (Å²) < 4.78 is 5.40. The van der Waals surface area contributed by atoms with Gasteiger partial charge in [0.25, 0.3) is 0 Å². The van der Waals surface area contributed by atoms with Gasteiger partial charge in [-0.05, 0) is 76.1 Å². The first-order chi connectivity index (χ1) is 11.7. The van der Waals surface area contributed by atoms with Gasteiger partial charge in [0.1, 0.15) is 5.60 Å². The fourth-order valence-corrected chi connectivity index (χ4v) is 3.30. The number of aryl methyl sites for hydroxylation is 2. The quantitative estimate of drug-likeness (QED) is 0.833. The van der Waals surface area contributed by atoms with E-state index in [1.807, 2.05) is 20.8 Å². The first kappa shape index (κ1) is 19.8. The molecule has 1 aliphatic carbocycles. The molecule has 2 unspecified atom stereocenters. The molecule has 0 saturated carbocycles. The summed E-state index contributed by atoms with van der Waals surface area (Å²) in [5.41, 5.74) is 3.94. The second-order valence-corrected chi connectivity index (χ2v) is 8.48. The third-order valence-electron chi connectivity index (χ3n) is 4.69. The molecule has 0 radical (unpaired) electrons. The highest BCUT2D eigenvalue weighted by molar-refractivity contribution is 5.67. The Hall–Kier alpha value is -1.55. The first-order valence-corrected chi connectivity index (χ1v) is 9.45. The molecule has 2 rings (SSSR count). The summed E-state index contributed by atoms with van der Waals surface area (Å²) in [6.45, 7) is 11.6. The van der Waals surface area contributed by atoms with Crippen LogP contribution in [0.5, 0.6) is 0 Å². The van der Waals surface area contributed by atoms with Crippen LogP contribution >= 0.6 is 0 Å². The minimum atomic E-state index is -0.449. The standard InChI is InChI=1S/C21H34N2O2/c1-15(14-23(6)20(24)25-21(3,4)5)13-22-16(2)18-11-10-17-8-7-9-19(17)12-18/h10-12,15-16,22H,7-9,13-14H2,1-6H3. The van der Waals surface area contributed by atoms with Crippen LogP contribution in [0.2, 0.25) is 0 Å². The number of nitrogens with zero attached hydrogens (tertiary/aromatic N) is 1. The van der Waals surface area contributed by atoms with Crippen molar-refractivity contribution >= 4 is 6.09 Å². The molecule has 1 N–H and O–H groups in total. The molecule has 25 heavy (non-hydrogen) atoms. The lowest BCUT2D eigenvalue weighted by Gasteiger charge is -2.27. The van der Waals surface area contributed by atoms with Crippen molar-refractivity contribution in [1.29, 1.82) is 0 Å². The molecule has 4 nitrogen and oxygen atoms in total. The summed E-state index contributed by atoms with van der Waals surface area (Å²) in [5.74, 6) is 0.356. The van der Waals surface area contributed by atoms with Crippen LogP contribution in [-0.4, -0.2) is 36.7 Å².